The van der Waals surface area contributed by atoms with Gasteiger partial charge in [-0.3, -0.25) is 0 Å². The van der Waals surface area contributed by atoms with Gasteiger partial charge in [0.1, 0.15) is 0 Å². The average Bonchev–Trinajstić information content (AvgIpc) is 2.30. The molecule has 1 aromatic carbocycles. The van der Waals surface area contributed by atoms with E-state index in [4.69, 9.17) is 11.6 Å². The SMILES string of the molecule is CC[C@@H](N[S@@](=O)C(C)(C)C)c1cc(C)c(Cl)c(C)c1. The van der Waals surface area contributed by atoms with Crippen molar-refractivity contribution in [3.63, 3.8) is 0 Å². The third kappa shape index (κ3) is 4.30. The van der Waals surface area contributed by atoms with Crippen LogP contribution in [-0.2, 0) is 11.0 Å². The third-order valence-corrected chi connectivity index (χ3v) is 5.28. The van der Waals surface area contributed by atoms with Gasteiger partial charge in [0.25, 0.3) is 0 Å². The monoisotopic (exact) mass is 301 g/mol. The Balaban J connectivity index is 3.02. The summed E-state index contributed by atoms with van der Waals surface area (Å²) in [6.45, 7) is 12.0. The first-order valence-corrected chi connectivity index (χ1v) is 8.14. The highest BCUT2D eigenvalue weighted by Crippen LogP contribution is 2.27. The average molecular weight is 302 g/mol. The van der Waals surface area contributed by atoms with Crippen molar-refractivity contribution < 1.29 is 4.21 Å². The lowest BCUT2D eigenvalue weighted by Gasteiger charge is -2.24. The standard InChI is InChI=1S/C15H24ClNOS/c1-7-13(17-19(18)15(4,5)6)12-8-10(2)14(16)11(3)9-12/h8-9,13,17H,7H2,1-6H3/t13-,19+/m1/s1. The summed E-state index contributed by atoms with van der Waals surface area (Å²) >= 11 is 6.20. The van der Waals surface area contributed by atoms with Gasteiger partial charge in [0.15, 0.2) is 0 Å². The number of halogens is 1. The number of benzene rings is 1. The van der Waals surface area contributed by atoms with E-state index in [1.54, 1.807) is 0 Å². The quantitative estimate of drug-likeness (QED) is 0.874. The maximum absolute atomic E-state index is 12.2. The fourth-order valence-electron chi connectivity index (χ4n) is 1.87. The minimum Gasteiger partial charge on any atom is -0.242 e. The molecule has 1 rings (SSSR count). The van der Waals surface area contributed by atoms with Gasteiger partial charge in [-0.15, -0.1) is 0 Å². The first-order chi connectivity index (χ1) is 8.66. The fraction of sp³-hybridized carbons (Fsp3) is 0.600. The summed E-state index contributed by atoms with van der Waals surface area (Å²) < 4.78 is 15.2. The summed E-state index contributed by atoms with van der Waals surface area (Å²) in [5.41, 5.74) is 3.29. The van der Waals surface area contributed by atoms with Gasteiger partial charge in [-0.05, 0) is 57.7 Å². The maximum atomic E-state index is 12.2. The van der Waals surface area contributed by atoms with Crippen molar-refractivity contribution >= 4 is 22.6 Å². The molecule has 0 fully saturated rings. The molecular weight excluding hydrogens is 278 g/mol. The van der Waals surface area contributed by atoms with Crippen LogP contribution in [0.1, 0.15) is 56.8 Å². The second-order valence-corrected chi connectivity index (χ2v) is 8.30. The largest absolute Gasteiger partial charge is 0.242 e. The zero-order valence-electron chi connectivity index (χ0n) is 12.6. The van der Waals surface area contributed by atoms with Crippen LogP contribution >= 0.6 is 11.6 Å². The predicted octanol–water partition coefficient (Wildman–Crippen LogP) is 4.46. The van der Waals surface area contributed by atoms with Crippen LogP contribution < -0.4 is 4.72 Å². The van der Waals surface area contributed by atoms with E-state index in [1.807, 2.05) is 34.6 Å². The van der Waals surface area contributed by atoms with Crippen LogP contribution in [0.3, 0.4) is 0 Å². The van der Waals surface area contributed by atoms with E-state index in [1.165, 1.54) is 0 Å². The predicted molar refractivity (Wildman–Crippen MR) is 85.0 cm³/mol. The van der Waals surface area contributed by atoms with Crippen LogP contribution in [0.15, 0.2) is 12.1 Å². The molecule has 0 aliphatic rings. The van der Waals surface area contributed by atoms with Gasteiger partial charge in [-0.1, -0.05) is 30.7 Å². The minimum absolute atomic E-state index is 0.0923. The Morgan fingerprint density at radius 2 is 1.74 bits per heavy atom. The Bertz CT molecular complexity index is 457. The molecule has 0 radical (unpaired) electrons. The van der Waals surface area contributed by atoms with Crippen LogP contribution in [0.25, 0.3) is 0 Å². The summed E-state index contributed by atoms with van der Waals surface area (Å²) in [5.74, 6) is 0. The molecule has 0 bridgehead atoms. The fourth-order valence-corrected chi connectivity index (χ4v) is 2.90. The molecule has 0 heterocycles. The molecule has 0 unspecified atom stereocenters. The number of nitrogens with one attached hydrogen (secondary N) is 1. The van der Waals surface area contributed by atoms with Gasteiger partial charge in [0, 0.05) is 11.1 Å². The van der Waals surface area contributed by atoms with Crippen molar-refractivity contribution in [2.75, 3.05) is 0 Å². The molecular formula is C15H24ClNOS. The lowest BCUT2D eigenvalue weighted by molar-refractivity contribution is 0.588. The Labute approximate surface area is 124 Å². The molecule has 0 aliphatic heterocycles. The number of rotatable bonds is 4. The van der Waals surface area contributed by atoms with E-state index in [9.17, 15) is 4.21 Å². The summed E-state index contributed by atoms with van der Waals surface area (Å²) in [4.78, 5) is 0. The van der Waals surface area contributed by atoms with Crippen molar-refractivity contribution in [2.45, 2.75) is 58.8 Å². The van der Waals surface area contributed by atoms with E-state index in [0.29, 0.717) is 0 Å². The van der Waals surface area contributed by atoms with E-state index in [2.05, 4.69) is 23.8 Å². The van der Waals surface area contributed by atoms with Crippen LogP contribution in [0, 0.1) is 13.8 Å². The van der Waals surface area contributed by atoms with Crippen molar-refractivity contribution in [3.8, 4) is 0 Å². The lowest BCUT2D eigenvalue weighted by atomic mass is 10.0. The molecule has 0 aromatic heterocycles. The molecule has 0 aliphatic carbocycles. The lowest BCUT2D eigenvalue weighted by Crippen LogP contribution is -2.35. The van der Waals surface area contributed by atoms with Crippen molar-refractivity contribution in [1.29, 1.82) is 0 Å². The number of aryl methyl sites for hydroxylation is 2. The summed E-state index contributed by atoms with van der Waals surface area (Å²) in [6.07, 6.45) is 0.891. The van der Waals surface area contributed by atoms with Crippen LogP contribution in [-0.4, -0.2) is 8.96 Å². The smallest absolute Gasteiger partial charge is 0.0975 e. The number of hydrogen-bond donors (Lipinski definition) is 1. The van der Waals surface area contributed by atoms with Gasteiger partial charge in [0.05, 0.1) is 15.7 Å². The van der Waals surface area contributed by atoms with Gasteiger partial charge in [-0.25, -0.2) is 8.93 Å². The minimum atomic E-state index is -1.07. The van der Waals surface area contributed by atoms with E-state index in [0.717, 1.165) is 28.1 Å². The Morgan fingerprint density at radius 1 is 1.26 bits per heavy atom. The Morgan fingerprint density at radius 3 is 2.11 bits per heavy atom. The molecule has 2 nitrogen and oxygen atoms in total. The van der Waals surface area contributed by atoms with Gasteiger partial charge in [-0.2, -0.15) is 0 Å². The maximum Gasteiger partial charge on any atom is 0.0975 e. The van der Waals surface area contributed by atoms with Crippen molar-refractivity contribution in [1.82, 2.24) is 4.72 Å². The zero-order chi connectivity index (χ0) is 14.8. The Kier molecular flexibility index (Phi) is 5.60. The highest BCUT2D eigenvalue weighted by atomic mass is 35.5. The summed E-state index contributed by atoms with van der Waals surface area (Å²) in [5, 5.41) is 0.815. The van der Waals surface area contributed by atoms with Crippen LogP contribution in [0.2, 0.25) is 5.02 Å². The third-order valence-electron chi connectivity index (χ3n) is 3.07. The van der Waals surface area contributed by atoms with Crippen LogP contribution in [0.4, 0.5) is 0 Å². The Hall–Kier alpha value is -0.380. The molecule has 108 valence electrons. The van der Waals surface area contributed by atoms with Crippen molar-refractivity contribution in [3.05, 3.63) is 33.8 Å². The molecule has 0 saturated heterocycles. The summed E-state index contributed by atoms with van der Waals surface area (Å²) in [6, 6.07) is 4.25. The second-order valence-electron chi connectivity index (χ2n) is 5.93. The van der Waals surface area contributed by atoms with E-state index < -0.39 is 11.0 Å². The normalized spacial score (nSPS) is 15.3. The first-order valence-electron chi connectivity index (χ1n) is 6.61. The highest BCUT2D eigenvalue weighted by molar-refractivity contribution is 7.84. The van der Waals surface area contributed by atoms with Crippen molar-refractivity contribution in [2.24, 2.45) is 0 Å². The van der Waals surface area contributed by atoms with E-state index >= 15 is 0 Å². The summed E-state index contributed by atoms with van der Waals surface area (Å²) in [7, 11) is -1.07. The molecule has 1 N–H and O–H groups in total. The second kappa shape index (κ2) is 6.38. The molecule has 4 heteroatoms. The molecule has 1 aromatic rings. The van der Waals surface area contributed by atoms with Gasteiger partial charge < -0.3 is 0 Å². The molecule has 0 spiro atoms. The van der Waals surface area contributed by atoms with Gasteiger partial charge >= 0.3 is 0 Å². The van der Waals surface area contributed by atoms with Crippen LogP contribution in [0.5, 0.6) is 0 Å². The molecule has 2 atom stereocenters. The molecule has 0 saturated carbocycles. The van der Waals surface area contributed by atoms with Gasteiger partial charge in [0.2, 0.25) is 0 Å². The highest BCUT2D eigenvalue weighted by Gasteiger charge is 2.23. The molecule has 19 heavy (non-hydrogen) atoms. The number of hydrogen-bond acceptors (Lipinski definition) is 1. The zero-order valence-corrected chi connectivity index (χ0v) is 14.2. The topological polar surface area (TPSA) is 29.1 Å². The molecule has 0 amide bonds. The first kappa shape index (κ1) is 16.7. The van der Waals surface area contributed by atoms with E-state index in [-0.39, 0.29) is 10.8 Å².